The molecule has 0 N–H and O–H groups in total. The van der Waals surface area contributed by atoms with Gasteiger partial charge < -0.3 is 9.47 Å². The second-order valence-electron chi connectivity index (χ2n) is 4.97. The molecule has 1 heterocycles. The predicted molar refractivity (Wildman–Crippen MR) is 88.2 cm³/mol. The number of esters is 1. The molecule has 1 aromatic rings. The third-order valence-electron chi connectivity index (χ3n) is 3.21. The number of epoxide rings is 1. The second kappa shape index (κ2) is 8.15. The third kappa shape index (κ3) is 5.19. The fourth-order valence-electron chi connectivity index (χ4n) is 1.79. The van der Waals surface area contributed by atoms with Crippen molar-refractivity contribution in [3.05, 3.63) is 77.9 Å². The summed E-state index contributed by atoms with van der Waals surface area (Å²) in [6, 6.07) is 9.92. The zero-order valence-electron chi connectivity index (χ0n) is 12.7. The highest BCUT2D eigenvalue weighted by atomic mass is 16.6. The highest BCUT2D eigenvalue weighted by Crippen LogP contribution is 2.15. The molecule has 1 aliphatic rings. The summed E-state index contributed by atoms with van der Waals surface area (Å²) >= 11 is 0. The van der Waals surface area contributed by atoms with E-state index in [9.17, 15) is 4.79 Å². The lowest BCUT2D eigenvalue weighted by Gasteiger charge is -2.05. The lowest BCUT2D eigenvalue weighted by atomic mass is 10.1. The average Bonchev–Trinajstić information content (AvgIpc) is 3.37. The smallest absolute Gasteiger partial charge is 0.334 e. The minimum Gasteiger partial charge on any atom is -0.459 e. The molecule has 0 amide bonds. The Labute approximate surface area is 131 Å². The molecule has 1 saturated heterocycles. The van der Waals surface area contributed by atoms with Crippen molar-refractivity contribution in [2.24, 2.45) is 0 Å². The summed E-state index contributed by atoms with van der Waals surface area (Å²) in [5, 5.41) is 0. The number of hydrogen-bond acceptors (Lipinski definition) is 3. The third-order valence-corrected chi connectivity index (χ3v) is 3.21. The predicted octanol–water partition coefficient (Wildman–Crippen LogP) is 3.70. The minimum atomic E-state index is -0.322. The Morgan fingerprint density at radius 3 is 2.73 bits per heavy atom. The quantitative estimate of drug-likeness (QED) is 0.333. The molecule has 2 rings (SSSR count). The van der Waals surface area contributed by atoms with Crippen molar-refractivity contribution in [2.75, 3.05) is 13.2 Å². The van der Waals surface area contributed by atoms with Crippen LogP contribution in [0, 0.1) is 0 Å². The summed E-state index contributed by atoms with van der Waals surface area (Å²) in [4.78, 5) is 12.1. The number of benzene rings is 1. The summed E-state index contributed by atoms with van der Waals surface area (Å²) in [6.07, 6.45) is 9.25. The maximum absolute atomic E-state index is 12.1. The van der Waals surface area contributed by atoms with Crippen LogP contribution in [-0.4, -0.2) is 25.3 Å². The molecule has 0 bridgehead atoms. The summed E-state index contributed by atoms with van der Waals surface area (Å²) in [7, 11) is 0. The van der Waals surface area contributed by atoms with Crippen LogP contribution in [0.1, 0.15) is 12.5 Å². The normalized spacial score (nSPS) is 18.3. The van der Waals surface area contributed by atoms with Crippen LogP contribution in [0.4, 0.5) is 0 Å². The van der Waals surface area contributed by atoms with Crippen molar-refractivity contribution in [1.82, 2.24) is 0 Å². The van der Waals surface area contributed by atoms with Gasteiger partial charge in [0.2, 0.25) is 0 Å². The van der Waals surface area contributed by atoms with Gasteiger partial charge in [0.05, 0.1) is 6.61 Å². The number of allylic oxidation sites excluding steroid dienone is 5. The van der Waals surface area contributed by atoms with E-state index in [4.69, 9.17) is 9.47 Å². The molecule has 0 saturated carbocycles. The topological polar surface area (TPSA) is 38.8 Å². The van der Waals surface area contributed by atoms with Crippen LogP contribution < -0.4 is 0 Å². The zero-order valence-corrected chi connectivity index (χ0v) is 12.7. The van der Waals surface area contributed by atoms with Crippen LogP contribution in [0.5, 0.6) is 0 Å². The van der Waals surface area contributed by atoms with E-state index in [1.54, 1.807) is 19.1 Å². The molecule has 3 nitrogen and oxygen atoms in total. The summed E-state index contributed by atoms with van der Waals surface area (Å²) in [5.41, 5.74) is 2.43. The molecule has 3 heteroatoms. The first-order chi connectivity index (χ1) is 10.7. The summed E-state index contributed by atoms with van der Waals surface area (Å²) in [5.74, 6) is -0.322. The largest absolute Gasteiger partial charge is 0.459 e. The van der Waals surface area contributed by atoms with E-state index < -0.39 is 0 Å². The van der Waals surface area contributed by atoms with Crippen LogP contribution in [-0.2, 0) is 14.3 Å². The molecule has 1 fully saturated rings. The van der Waals surface area contributed by atoms with Gasteiger partial charge in [0.1, 0.15) is 12.7 Å². The van der Waals surface area contributed by atoms with E-state index in [-0.39, 0.29) is 12.1 Å². The fraction of sp³-hybridized carbons (Fsp3) is 0.211. The first-order valence-corrected chi connectivity index (χ1v) is 7.22. The molecular formula is C19H20O3. The molecule has 22 heavy (non-hydrogen) atoms. The van der Waals surface area contributed by atoms with Crippen molar-refractivity contribution in [1.29, 1.82) is 0 Å². The molecular weight excluding hydrogens is 276 g/mol. The van der Waals surface area contributed by atoms with Gasteiger partial charge in [-0.1, -0.05) is 67.3 Å². The van der Waals surface area contributed by atoms with Gasteiger partial charge in [0.15, 0.2) is 0 Å². The van der Waals surface area contributed by atoms with Crippen LogP contribution in [0.3, 0.4) is 0 Å². The number of hydrogen-bond donors (Lipinski definition) is 0. The van der Waals surface area contributed by atoms with Crippen molar-refractivity contribution < 1.29 is 14.3 Å². The Morgan fingerprint density at radius 2 is 2.09 bits per heavy atom. The Hall–Kier alpha value is -2.39. The van der Waals surface area contributed by atoms with Crippen molar-refractivity contribution in [3.8, 4) is 0 Å². The number of carbonyl (C=O) groups is 1. The molecule has 1 atom stereocenters. The van der Waals surface area contributed by atoms with Crippen LogP contribution in [0.15, 0.2) is 72.4 Å². The van der Waals surface area contributed by atoms with Gasteiger partial charge in [-0.3, -0.25) is 0 Å². The van der Waals surface area contributed by atoms with E-state index in [2.05, 4.69) is 6.58 Å². The van der Waals surface area contributed by atoms with Gasteiger partial charge in [-0.25, -0.2) is 4.79 Å². The monoisotopic (exact) mass is 296 g/mol. The Morgan fingerprint density at radius 1 is 1.36 bits per heavy atom. The van der Waals surface area contributed by atoms with Crippen LogP contribution >= 0.6 is 0 Å². The standard InChI is InChI=1S/C19H20O3/c1-3-4-10-17(12-11-16-8-6-5-7-9-16)15(2)19(20)22-14-18-13-21-18/h3-12,18H,1,13-14H2,2H3. The van der Waals surface area contributed by atoms with Crippen molar-refractivity contribution in [2.45, 2.75) is 13.0 Å². The van der Waals surface area contributed by atoms with Crippen molar-refractivity contribution in [3.63, 3.8) is 0 Å². The molecule has 0 radical (unpaired) electrons. The van der Waals surface area contributed by atoms with Gasteiger partial charge in [-0.05, 0) is 18.1 Å². The highest BCUT2D eigenvalue weighted by molar-refractivity contribution is 5.90. The van der Waals surface area contributed by atoms with E-state index in [1.165, 1.54) is 0 Å². The maximum atomic E-state index is 12.1. The molecule has 0 spiro atoms. The van der Waals surface area contributed by atoms with E-state index >= 15 is 0 Å². The zero-order chi connectivity index (χ0) is 15.8. The molecule has 1 aromatic carbocycles. The van der Waals surface area contributed by atoms with Gasteiger partial charge >= 0.3 is 5.97 Å². The first kappa shape index (κ1) is 16.0. The van der Waals surface area contributed by atoms with E-state index in [0.29, 0.717) is 18.8 Å². The number of carbonyl (C=O) groups excluding carboxylic acids is 1. The molecule has 0 aliphatic carbocycles. The summed E-state index contributed by atoms with van der Waals surface area (Å²) < 4.78 is 10.3. The maximum Gasteiger partial charge on any atom is 0.334 e. The number of rotatable bonds is 7. The Bertz CT molecular complexity index is 605. The minimum absolute atomic E-state index is 0.0729. The second-order valence-corrected chi connectivity index (χ2v) is 4.97. The first-order valence-electron chi connectivity index (χ1n) is 7.22. The highest BCUT2D eigenvalue weighted by Gasteiger charge is 2.24. The van der Waals surface area contributed by atoms with Crippen LogP contribution in [0.25, 0.3) is 6.08 Å². The summed E-state index contributed by atoms with van der Waals surface area (Å²) in [6.45, 7) is 6.41. The Kier molecular flexibility index (Phi) is 5.92. The lowest BCUT2D eigenvalue weighted by Crippen LogP contribution is -2.11. The van der Waals surface area contributed by atoms with Crippen LogP contribution in [0.2, 0.25) is 0 Å². The molecule has 114 valence electrons. The molecule has 1 unspecified atom stereocenters. The van der Waals surface area contributed by atoms with Crippen molar-refractivity contribution >= 4 is 12.0 Å². The lowest BCUT2D eigenvalue weighted by molar-refractivity contribution is -0.139. The Balaban J connectivity index is 2.13. The molecule has 0 aromatic heterocycles. The van der Waals surface area contributed by atoms with Gasteiger partial charge in [0, 0.05) is 5.57 Å². The fourth-order valence-corrected chi connectivity index (χ4v) is 1.79. The number of ether oxygens (including phenoxy) is 2. The van der Waals surface area contributed by atoms with Gasteiger partial charge in [-0.2, -0.15) is 0 Å². The molecule has 1 aliphatic heterocycles. The van der Waals surface area contributed by atoms with Gasteiger partial charge in [-0.15, -0.1) is 0 Å². The van der Waals surface area contributed by atoms with Gasteiger partial charge in [0.25, 0.3) is 0 Å². The van der Waals surface area contributed by atoms with E-state index in [1.807, 2.05) is 48.6 Å². The SMILES string of the molecule is C=CC=CC(C=Cc1ccccc1)=C(C)C(=O)OCC1CO1. The average molecular weight is 296 g/mol. The van der Waals surface area contributed by atoms with E-state index in [0.717, 1.165) is 11.1 Å².